The second-order valence-electron chi connectivity index (χ2n) is 1.49. The molecule has 2 aliphatic heterocycles. The largest absolute Gasteiger partial charge is 0.363 e. The van der Waals surface area contributed by atoms with Crippen molar-refractivity contribution in [2.75, 3.05) is 0 Å². The lowest BCUT2D eigenvalue weighted by Gasteiger charge is -1.88. The van der Waals surface area contributed by atoms with E-state index in [4.69, 9.17) is 5.11 Å². The Hall–Kier alpha value is -0.750. The Labute approximate surface area is 54.6 Å². The molecule has 0 spiro atoms. The number of rotatable bonds is 0. The normalized spacial score (nSPS) is 30.1. The van der Waals surface area contributed by atoms with Gasteiger partial charge in [0.15, 0.2) is 5.04 Å². The predicted molar refractivity (Wildman–Crippen MR) is 33.3 cm³/mol. The van der Waals surface area contributed by atoms with Crippen LogP contribution in [0.4, 0.5) is 0 Å². The van der Waals surface area contributed by atoms with Gasteiger partial charge in [0.05, 0.1) is 0 Å². The van der Waals surface area contributed by atoms with Crippen LogP contribution in [0.3, 0.4) is 0 Å². The number of aliphatic hydroxyl groups excluding tert-OH is 1. The molecule has 0 radical (unpaired) electrons. The fraction of sp³-hybridized carbons (Fsp3) is 0.333. The molecular weight excluding hydrogens is 140 g/mol. The molecule has 1 atom stereocenters. The van der Waals surface area contributed by atoms with Gasteiger partial charge in [0.25, 0.3) is 0 Å². The third-order valence-electron chi connectivity index (χ3n) is 0.916. The number of fused-ring (bicyclic) bond motifs is 1. The number of hydrogen-bond acceptors (Lipinski definition) is 6. The molecule has 0 aliphatic carbocycles. The second kappa shape index (κ2) is 1.61. The maximum Gasteiger partial charge on any atom is 0.209 e. The average molecular weight is 142 g/mol. The van der Waals surface area contributed by atoms with Gasteiger partial charge in [-0.15, -0.1) is 10.2 Å². The van der Waals surface area contributed by atoms with Crippen LogP contribution >= 0.6 is 11.8 Å². The summed E-state index contributed by atoms with van der Waals surface area (Å²) >= 11 is 1.15. The number of amidine groups is 1. The Morgan fingerprint density at radius 2 is 2.44 bits per heavy atom. The van der Waals surface area contributed by atoms with Gasteiger partial charge in [-0.05, 0) is 17.0 Å². The van der Waals surface area contributed by atoms with E-state index >= 15 is 0 Å². The molecule has 2 aliphatic rings. The van der Waals surface area contributed by atoms with Crippen LogP contribution in [0.15, 0.2) is 20.4 Å². The lowest BCUT2D eigenvalue weighted by atomic mass is 10.7. The molecule has 0 bridgehead atoms. The average Bonchev–Trinajstić information content (AvgIpc) is 2.22. The lowest BCUT2D eigenvalue weighted by molar-refractivity contribution is 0.277. The summed E-state index contributed by atoms with van der Waals surface area (Å²) in [6.45, 7) is 0. The van der Waals surface area contributed by atoms with E-state index in [2.05, 4.69) is 20.4 Å². The van der Waals surface area contributed by atoms with Crippen LogP contribution in [0.5, 0.6) is 0 Å². The molecular formula is C3H2N4OS. The van der Waals surface area contributed by atoms with Crippen molar-refractivity contribution in [3.63, 3.8) is 0 Å². The Morgan fingerprint density at radius 3 is 3.22 bits per heavy atom. The molecule has 0 aromatic heterocycles. The molecule has 5 nitrogen and oxygen atoms in total. The molecule has 0 aromatic rings. The van der Waals surface area contributed by atoms with Gasteiger partial charge in [-0.1, -0.05) is 0 Å². The fourth-order valence-corrected chi connectivity index (χ4v) is 1.22. The van der Waals surface area contributed by atoms with E-state index in [0.29, 0.717) is 10.9 Å². The van der Waals surface area contributed by atoms with Crippen molar-refractivity contribution in [2.24, 2.45) is 20.4 Å². The minimum absolute atomic E-state index is 0.451. The van der Waals surface area contributed by atoms with Crippen LogP contribution in [-0.4, -0.2) is 21.5 Å². The molecule has 1 unspecified atom stereocenters. The van der Waals surface area contributed by atoms with Crippen LogP contribution in [0.2, 0.25) is 0 Å². The summed E-state index contributed by atoms with van der Waals surface area (Å²) in [6.07, 6.45) is 0. The third kappa shape index (κ3) is 0.672. The molecule has 2 heterocycles. The highest BCUT2D eigenvalue weighted by Crippen LogP contribution is 2.24. The Morgan fingerprint density at radius 1 is 1.56 bits per heavy atom. The standard InChI is InChI=1S/C3H2N4OS/c8-3-4-1-2(9-3)6-7-5-1/h3,8H. The third-order valence-corrected chi connectivity index (χ3v) is 1.72. The van der Waals surface area contributed by atoms with Gasteiger partial charge in [0.2, 0.25) is 11.4 Å². The number of aliphatic imine (C=N–C) groups is 1. The molecule has 6 heteroatoms. The number of nitrogens with zero attached hydrogens (tertiary/aromatic N) is 4. The van der Waals surface area contributed by atoms with Crippen LogP contribution in [0.25, 0.3) is 0 Å². The van der Waals surface area contributed by atoms with Crippen LogP contribution in [-0.2, 0) is 0 Å². The zero-order valence-corrected chi connectivity index (χ0v) is 5.04. The van der Waals surface area contributed by atoms with Crippen LogP contribution < -0.4 is 0 Å². The minimum Gasteiger partial charge on any atom is -0.363 e. The Kier molecular flexibility index (Phi) is 0.908. The van der Waals surface area contributed by atoms with Gasteiger partial charge < -0.3 is 5.11 Å². The molecule has 9 heavy (non-hydrogen) atoms. The van der Waals surface area contributed by atoms with Gasteiger partial charge in [0.1, 0.15) is 0 Å². The maximum atomic E-state index is 8.83. The first kappa shape index (κ1) is 5.07. The molecule has 0 amide bonds. The van der Waals surface area contributed by atoms with Crippen molar-refractivity contribution < 1.29 is 5.11 Å². The maximum absolute atomic E-state index is 8.83. The predicted octanol–water partition coefficient (Wildman–Crippen LogP) is 0.187. The van der Waals surface area contributed by atoms with E-state index < -0.39 is 5.56 Å². The molecule has 0 aromatic carbocycles. The van der Waals surface area contributed by atoms with Crippen molar-refractivity contribution in [3.8, 4) is 0 Å². The first-order valence-electron chi connectivity index (χ1n) is 2.28. The highest BCUT2D eigenvalue weighted by atomic mass is 32.2. The smallest absolute Gasteiger partial charge is 0.209 e. The van der Waals surface area contributed by atoms with Gasteiger partial charge in [0, 0.05) is 0 Å². The number of aliphatic hydroxyl groups is 1. The molecule has 1 N–H and O–H groups in total. The van der Waals surface area contributed by atoms with E-state index in [1.165, 1.54) is 0 Å². The number of hydrogen-bond donors (Lipinski definition) is 1. The minimum atomic E-state index is -0.724. The molecule has 2 rings (SSSR count). The van der Waals surface area contributed by atoms with E-state index in [1.54, 1.807) is 0 Å². The fourth-order valence-electron chi connectivity index (χ4n) is 0.581. The lowest BCUT2D eigenvalue weighted by Crippen LogP contribution is -1.95. The molecule has 0 saturated heterocycles. The first-order chi connectivity index (χ1) is 4.36. The zero-order chi connectivity index (χ0) is 6.27. The van der Waals surface area contributed by atoms with E-state index in [1.807, 2.05) is 0 Å². The Bertz CT molecular complexity index is 232. The van der Waals surface area contributed by atoms with Crippen molar-refractivity contribution in [2.45, 2.75) is 5.56 Å². The van der Waals surface area contributed by atoms with Gasteiger partial charge in [-0.2, -0.15) is 0 Å². The Balaban J connectivity index is 2.40. The summed E-state index contributed by atoms with van der Waals surface area (Å²) < 4.78 is 0. The summed E-state index contributed by atoms with van der Waals surface area (Å²) in [7, 11) is 0. The van der Waals surface area contributed by atoms with Crippen molar-refractivity contribution in [1.82, 2.24) is 0 Å². The molecule has 0 saturated carbocycles. The van der Waals surface area contributed by atoms with Crippen LogP contribution in [0, 0.1) is 0 Å². The molecule has 0 fully saturated rings. The highest BCUT2D eigenvalue weighted by molar-refractivity contribution is 8.16. The van der Waals surface area contributed by atoms with Crippen molar-refractivity contribution in [1.29, 1.82) is 0 Å². The summed E-state index contributed by atoms with van der Waals surface area (Å²) in [5.74, 6) is 0.451. The monoisotopic (exact) mass is 142 g/mol. The van der Waals surface area contributed by atoms with E-state index in [-0.39, 0.29) is 0 Å². The second-order valence-corrected chi connectivity index (χ2v) is 2.54. The summed E-state index contributed by atoms with van der Waals surface area (Å²) in [6, 6.07) is 0. The quantitative estimate of drug-likeness (QED) is 0.524. The zero-order valence-electron chi connectivity index (χ0n) is 4.22. The SMILES string of the molecule is OC1N=C2N=NN=C2S1. The van der Waals surface area contributed by atoms with Gasteiger partial charge >= 0.3 is 0 Å². The van der Waals surface area contributed by atoms with Crippen LogP contribution in [0.1, 0.15) is 0 Å². The van der Waals surface area contributed by atoms with Gasteiger partial charge in [-0.25, -0.2) is 4.99 Å². The molecule has 46 valence electrons. The summed E-state index contributed by atoms with van der Waals surface area (Å²) in [4.78, 5) is 3.69. The van der Waals surface area contributed by atoms with Crippen molar-refractivity contribution in [3.05, 3.63) is 0 Å². The summed E-state index contributed by atoms with van der Waals surface area (Å²) in [5.41, 5.74) is -0.724. The topological polar surface area (TPSA) is 69.7 Å². The van der Waals surface area contributed by atoms with Crippen molar-refractivity contribution >= 4 is 22.6 Å². The number of thioether (sulfide) groups is 1. The van der Waals surface area contributed by atoms with E-state index in [9.17, 15) is 0 Å². The van der Waals surface area contributed by atoms with Gasteiger partial charge in [-0.3, -0.25) is 0 Å². The summed E-state index contributed by atoms with van der Waals surface area (Å²) in [5, 5.41) is 19.9. The first-order valence-corrected chi connectivity index (χ1v) is 3.16. The highest BCUT2D eigenvalue weighted by Gasteiger charge is 2.26. The van der Waals surface area contributed by atoms with E-state index in [0.717, 1.165) is 11.8 Å².